The normalized spacial score (nSPS) is 24.1. The van der Waals surface area contributed by atoms with Gasteiger partial charge in [-0.2, -0.15) is 0 Å². The molecule has 19 heavy (non-hydrogen) atoms. The number of amidine groups is 1. The number of hydrogen-bond acceptors (Lipinski definition) is 3. The maximum absolute atomic E-state index is 11.3. The summed E-state index contributed by atoms with van der Waals surface area (Å²) in [6.45, 7) is 1.51. The molecule has 2 aliphatic heterocycles. The summed E-state index contributed by atoms with van der Waals surface area (Å²) in [6.07, 6.45) is 0. The van der Waals surface area contributed by atoms with Crippen LogP contribution in [0, 0.1) is 0 Å². The molecule has 0 saturated heterocycles. The zero-order valence-electron chi connectivity index (χ0n) is 10.5. The van der Waals surface area contributed by atoms with Crippen molar-refractivity contribution in [3.8, 4) is 0 Å². The van der Waals surface area contributed by atoms with Gasteiger partial charge >= 0.3 is 0 Å². The molecule has 0 aromatic heterocycles. The van der Waals surface area contributed by atoms with Crippen molar-refractivity contribution in [2.24, 2.45) is 4.99 Å². The first-order valence-corrected chi connectivity index (χ1v) is 6.51. The van der Waals surface area contributed by atoms with Gasteiger partial charge in [0.15, 0.2) is 5.72 Å². The Balaban J connectivity index is 2.00. The van der Waals surface area contributed by atoms with Crippen LogP contribution in [0.25, 0.3) is 0 Å². The van der Waals surface area contributed by atoms with Crippen molar-refractivity contribution in [2.45, 2.75) is 5.72 Å². The second-order valence-corrected chi connectivity index (χ2v) is 4.94. The summed E-state index contributed by atoms with van der Waals surface area (Å²) in [5.41, 5.74) is 1.80. The third-order valence-electron chi connectivity index (χ3n) is 3.95. The van der Waals surface area contributed by atoms with Crippen LogP contribution in [0.15, 0.2) is 59.6 Å². The number of benzene rings is 2. The van der Waals surface area contributed by atoms with E-state index in [1.807, 2.05) is 59.5 Å². The van der Waals surface area contributed by atoms with Gasteiger partial charge in [-0.05, 0) is 0 Å². The third kappa shape index (κ3) is 1.28. The highest BCUT2D eigenvalue weighted by Gasteiger charge is 2.49. The van der Waals surface area contributed by atoms with Crippen molar-refractivity contribution in [1.29, 1.82) is 0 Å². The maximum atomic E-state index is 11.3. The Labute approximate surface area is 111 Å². The van der Waals surface area contributed by atoms with Gasteiger partial charge in [0.05, 0.1) is 6.54 Å². The van der Waals surface area contributed by atoms with Crippen molar-refractivity contribution >= 4 is 5.84 Å². The molecule has 0 amide bonds. The zero-order chi connectivity index (χ0) is 12.9. The van der Waals surface area contributed by atoms with Gasteiger partial charge in [0.1, 0.15) is 5.84 Å². The van der Waals surface area contributed by atoms with E-state index in [0.29, 0.717) is 0 Å². The molecule has 0 bridgehead atoms. The first-order valence-electron chi connectivity index (χ1n) is 6.51. The lowest BCUT2D eigenvalue weighted by molar-refractivity contribution is -0.0242. The number of aliphatic imine (C=N–C) groups is 1. The molecule has 0 aliphatic carbocycles. The van der Waals surface area contributed by atoms with E-state index in [4.69, 9.17) is 0 Å². The predicted molar refractivity (Wildman–Crippen MR) is 74.0 cm³/mol. The van der Waals surface area contributed by atoms with Crippen LogP contribution in [0.3, 0.4) is 0 Å². The summed E-state index contributed by atoms with van der Waals surface area (Å²) in [4.78, 5) is 6.55. The number of hydrogen-bond donors (Lipinski definition) is 1. The quantitative estimate of drug-likeness (QED) is 0.839. The van der Waals surface area contributed by atoms with Crippen LogP contribution in [0.5, 0.6) is 0 Å². The Morgan fingerprint density at radius 2 is 1.74 bits per heavy atom. The second-order valence-electron chi connectivity index (χ2n) is 4.94. The minimum absolute atomic E-state index is 0.749. The predicted octanol–water partition coefficient (Wildman–Crippen LogP) is 1.96. The van der Waals surface area contributed by atoms with Crippen molar-refractivity contribution in [1.82, 2.24) is 4.90 Å². The van der Waals surface area contributed by atoms with Crippen molar-refractivity contribution in [2.75, 3.05) is 13.1 Å². The molecule has 0 fully saturated rings. The molecule has 1 atom stereocenters. The van der Waals surface area contributed by atoms with E-state index < -0.39 is 5.72 Å². The lowest BCUT2D eigenvalue weighted by atomic mass is 9.94. The molecule has 0 radical (unpaired) electrons. The fraction of sp³-hybridized carbons (Fsp3) is 0.188. The Bertz CT molecular complexity index is 665. The Morgan fingerprint density at radius 3 is 2.58 bits per heavy atom. The molecule has 94 valence electrons. The van der Waals surface area contributed by atoms with Gasteiger partial charge in [-0.25, -0.2) is 0 Å². The van der Waals surface area contributed by atoms with Crippen LogP contribution >= 0.6 is 0 Å². The number of aliphatic hydroxyl groups is 1. The average Bonchev–Trinajstić information content (AvgIpc) is 3.04. The number of nitrogens with zero attached hydrogens (tertiary/aromatic N) is 2. The lowest BCUT2D eigenvalue weighted by Gasteiger charge is -2.33. The molecule has 2 aromatic rings. The molecule has 3 heteroatoms. The summed E-state index contributed by atoms with van der Waals surface area (Å²) in [7, 11) is 0. The Kier molecular flexibility index (Phi) is 2.09. The highest BCUT2D eigenvalue weighted by atomic mass is 16.3. The van der Waals surface area contributed by atoms with Gasteiger partial charge in [-0.3, -0.25) is 4.99 Å². The van der Waals surface area contributed by atoms with E-state index in [0.717, 1.165) is 35.6 Å². The van der Waals surface area contributed by atoms with E-state index in [-0.39, 0.29) is 0 Å². The van der Waals surface area contributed by atoms with Gasteiger partial charge in [0.25, 0.3) is 0 Å². The molecule has 4 rings (SSSR count). The molecule has 0 saturated carbocycles. The Morgan fingerprint density at radius 1 is 1.00 bits per heavy atom. The molecule has 1 N–H and O–H groups in total. The minimum Gasteiger partial charge on any atom is -0.363 e. The molecular formula is C16H14N2O. The van der Waals surface area contributed by atoms with E-state index in [2.05, 4.69) is 4.99 Å². The van der Waals surface area contributed by atoms with Crippen LogP contribution in [-0.4, -0.2) is 28.9 Å². The van der Waals surface area contributed by atoms with Crippen LogP contribution in [0.4, 0.5) is 0 Å². The molecule has 2 heterocycles. The van der Waals surface area contributed by atoms with E-state index >= 15 is 0 Å². The Hall–Kier alpha value is -2.13. The van der Waals surface area contributed by atoms with E-state index in [1.165, 1.54) is 0 Å². The third-order valence-corrected chi connectivity index (χ3v) is 3.95. The fourth-order valence-corrected chi connectivity index (χ4v) is 3.10. The zero-order valence-corrected chi connectivity index (χ0v) is 10.5. The molecule has 2 aromatic carbocycles. The molecule has 0 spiro atoms. The lowest BCUT2D eigenvalue weighted by Crippen LogP contribution is -2.43. The van der Waals surface area contributed by atoms with Crippen LogP contribution < -0.4 is 0 Å². The van der Waals surface area contributed by atoms with Gasteiger partial charge < -0.3 is 10.0 Å². The highest BCUT2D eigenvalue weighted by Crippen LogP contribution is 2.43. The second kappa shape index (κ2) is 3.68. The minimum atomic E-state index is -1.08. The van der Waals surface area contributed by atoms with Gasteiger partial charge in [-0.15, -0.1) is 0 Å². The van der Waals surface area contributed by atoms with Crippen molar-refractivity contribution in [3.63, 3.8) is 0 Å². The maximum Gasteiger partial charge on any atom is 0.193 e. The summed E-state index contributed by atoms with van der Waals surface area (Å²) >= 11 is 0. The van der Waals surface area contributed by atoms with Crippen LogP contribution in [0.2, 0.25) is 0 Å². The molecule has 3 nitrogen and oxygen atoms in total. The van der Waals surface area contributed by atoms with Crippen molar-refractivity contribution in [3.05, 3.63) is 71.3 Å². The molecular weight excluding hydrogens is 236 g/mol. The highest BCUT2D eigenvalue weighted by molar-refractivity contribution is 6.05. The SMILES string of the molecule is O[C@]1(c2ccccc2)c2ccccc2C2=NCCN21. The van der Waals surface area contributed by atoms with Crippen molar-refractivity contribution < 1.29 is 5.11 Å². The summed E-state index contributed by atoms with van der Waals surface area (Å²) < 4.78 is 0. The molecule has 2 aliphatic rings. The average molecular weight is 250 g/mol. The first-order chi connectivity index (χ1) is 9.32. The smallest absolute Gasteiger partial charge is 0.193 e. The summed E-state index contributed by atoms with van der Waals surface area (Å²) in [6, 6.07) is 17.8. The number of rotatable bonds is 1. The van der Waals surface area contributed by atoms with Gasteiger partial charge in [0, 0.05) is 23.2 Å². The van der Waals surface area contributed by atoms with Gasteiger partial charge in [0.2, 0.25) is 0 Å². The fourth-order valence-electron chi connectivity index (χ4n) is 3.10. The summed E-state index contributed by atoms with van der Waals surface area (Å²) in [5.74, 6) is 0.918. The van der Waals surface area contributed by atoms with E-state index in [9.17, 15) is 5.11 Å². The van der Waals surface area contributed by atoms with E-state index in [1.54, 1.807) is 0 Å². The number of fused-ring (bicyclic) bond motifs is 3. The largest absolute Gasteiger partial charge is 0.363 e. The summed E-state index contributed by atoms with van der Waals surface area (Å²) in [5, 5.41) is 11.3. The topological polar surface area (TPSA) is 35.8 Å². The monoisotopic (exact) mass is 250 g/mol. The first kappa shape index (κ1) is 10.8. The van der Waals surface area contributed by atoms with Crippen LogP contribution in [-0.2, 0) is 5.72 Å². The standard InChI is InChI=1S/C16H14N2O/c19-16(12-6-2-1-3-7-12)14-9-5-4-8-13(14)15-17-10-11-18(15)16/h1-9,19H,10-11H2/t16-/m1/s1. The van der Waals surface area contributed by atoms with Crippen LogP contribution in [0.1, 0.15) is 16.7 Å². The molecule has 0 unspecified atom stereocenters. The van der Waals surface area contributed by atoms with Gasteiger partial charge in [-0.1, -0.05) is 54.6 Å².